The molecule has 3 aromatic rings. The van der Waals surface area contributed by atoms with Gasteiger partial charge in [0, 0.05) is 10.8 Å². The summed E-state index contributed by atoms with van der Waals surface area (Å²) in [5, 5.41) is 0.852. The van der Waals surface area contributed by atoms with Crippen molar-refractivity contribution in [2.75, 3.05) is 0 Å². The molecule has 4 heteroatoms. The maximum atomic E-state index is 12.9. The van der Waals surface area contributed by atoms with Gasteiger partial charge < -0.3 is 0 Å². The lowest BCUT2D eigenvalue weighted by Gasteiger charge is -2.10. The average molecular weight is 247 g/mol. The highest BCUT2D eigenvalue weighted by molar-refractivity contribution is 5.94. The maximum absolute atomic E-state index is 12.9. The summed E-state index contributed by atoms with van der Waals surface area (Å²) in [6.45, 7) is 0. The van der Waals surface area contributed by atoms with Crippen LogP contribution >= 0.6 is 0 Å². The van der Waals surface area contributed by atoms with E-state index in [2.05, 4.69) is 4.98 Å². The fourth-order valence-corrected chi connectivity index (χ4v) is 2.05. The van der Waals surface area contributed by atoms with E-state index in [9.17, 15) is 13.2 Å². The van der Waals surface area contributed by atoms with E-state index in [-0.39, 0.29) is 5.39 Å². The third kappa shape index (κ3) is 1.70. The van der Waals surface area contributed by atoms with Gasteiger partial charge in [-0.3, -0.25) is 0 Å². The van der Waals surface area contributed by atoms with Crippen LogP contribution in [-0.2, 0) is 6.18 Å². The summed E-state index contributed by atoms with van der Waals surface area (Å²) in [5.41, 5.74) is 0.422. The van der Waals surface area contributed by atoms with Gasteiger partial charge in [-0.2, -0.15) is 13.2 Å². The zero-order valence-electron chi connectivity index (χ0n) is 9.20. The summed E-state index contributed by atoms with van der Waals surface area (Å²) < 4.78 is 38.7. The highest BCUT2D eigenvalue weighted by Gasteiger charge is 2.32. The minimum absolute atomic E-state index is 0.142. The summed E-state index contributed by atoms with van der Waals surface area (Å²) in [5.74, 6) is 0. The quantitative estimate of drug-likeness (QED) is 0.536. The zero-order chi connectivity index (χ0) is 12.8. The number of pyridine rings is 1. The molecule has 1 heterocycles. The van der Waals surface area contributed by atoms with Gasteiger partial charge in [0.15, 0.2) is 0 Å². The molecule has 0 unspecified atom stereocenters. The lowest BCUT2D eigenvalue weighted by molar-refractivity contribution is -0.136. The first-order valence-electron chi connectivity index (χ1n) is 5.41. The molecule has 0 aliphatic heterocycles. The molecule has 2 aromatic carbocycles. The van der Waals surface area contributed by atoms with Gasteiger partial charge in [-0.15, -0.1) is 0 Å². The largest absolute Gasteiger partial charge is 0.417 e. The molecule has 0 aliphatic rings. The Morgan fingerprint density at radius 3 is 2.33 bits per heavy atom. The van der Waals surface area contributed by atoms with E-state index in [1.165, 1.54) is 6.07 Å². The predicted molar refractivity (Wildman–Crippen MR) is 64.3 cm³/mol. The van der Waals surface area contributed by atoms with E-state index in [0.29, 0.717) is 16.4 Å². The lowest BCUT2D eigenvalue weighted by atomic mass is 10.1. The number of halogens is 3. The van der Waals surface area contributed by atoms with E-state index < -0.39 is 11.7 Å². The number of alkyl halides is 3. The van der Waals surface area contributed by atoms with Crippen LogP contribution in [0.5, 0.6) is 0 Å². The third-order valence-electron chi connectivity index (χ3n) is 2.87. The van der Waals surface area contributed by atoms with Crippen LogP contribution in [0.4, 0.5) is 13.2 Å². The van der Waals surface area contributed by atoms with E-state index in [1.54, 1.807) is 30.3 Å². The number of nitrogens with zero attached hydrogens (tertiary/aromatic N) is 1. The summed E-state index contributed by atoms with van der Waals surface area (Å²) in [4.78, 5) is 4.25. The van der Waals surface area contributed by atoms with Gasteiger partial charge in [0.1, 0.15) is 0 Å². The molecule has 0 N–H and O–H groups in total. The second-order valence-electron chi connectivity index (χ2n) is 4.05. The van der Waals surface area contributed by atoms with Crippen LogP contribution in [0.2, 0.25) is 0 Å². The number of fused-ring (bicyclic) bond motifs is 2. The van der Waals surface area contributed by atoms with Gasteiger partial charge >= 0.3 is 6.18 Å². The monoisotopic (exact) mass is 247 g/mol. The fourth-order valence-electron chi connectivity index (χ4n) is 2.05. The Balaban J connectivity index is 2.44. The molecule has 18 heavy (non-hydrogen) atoms. The topological polar surface area (TPSA) is 12.9 Å². The molecule has 0 fully saturated rings. The summed E-state index contributed by atoms with van der Waals surface area (Å²) >= 11 is 0. The van der Waals surface area contributed by atoms with Crippen molar-refractivity contribution in [3.05, 3.63) is 54.1 Å². The minimum atomic E-state index is -4.36. The Labute approximate surface area is 101 Å². The number of hydrogen-bond acceptors (Lipinski definition) is 1. The number of hydrogen-bond donors (Lipinski definition) is 0. The molecule has 0 aliphatic carbocycles. The highest BCUT2D eigenvalue weighted by atomic mass is 19.4. The molecular formula is C14H8F3N. The molecule has 90 valence electrons. The van der Waals surface area contributed by atoms with Crippen molar-refractivity contribution in [1.29, 1.82) is 0 Å². The van der Waals surface area contributed by atoms with Crippen molar-refractivity contribution < 1.29 is 13.2 Å². The van der Waals surface area contributed by atoms with Crippen LogP contribution in [-0.4, -0.2) is 4.98 Å². The van der Waals surface area contributed by atoms with Gasteiger partial charge in [0.05, 0.1) is 16.6 Å². The number of benzene rings is 2. The molecule has 0 bridgehead atoms. The second kappa shape index (κ2) is 3.70. The Morgan fingerprint density at radius 2 is 1.56 bits per heavy atom. The van der Waals surface area contributed by atoms with Crippen molar-refractivity contribution in [3.63, 3.8) is 0 Å². The Hall–Kier alpha value is -2.10. The first-order valence-corrected chi connectivity index (χ1v) is 5.41. The second-order valence-corrected chi connectivity index (χ2v) is 4.05. The van der Waals surface area contributed by atoms with Crippen molar-refractivity contribution in [3.8, 4) is 0 Å². The van der Waals surface area contributed by atoms with Gasteiger partial charge in [0.25, 0.3) is 0 Å². The van der Waals surface area contributed by atoms with Crippen LogP contribution in [0.1, 0.15) is 5.56 Å². The molecule has 1 nitrogen and oxygen atoms in total. The van der Waals surface area contributed by atoms with E-state index in [1.807, 2.05) is 6.07 Å². The number of aromatic nitrogens is 1. The number of para-hydroxylation sites is 1. The van der Waals surface area contributed by atoms with Gasteiger partial charge in [-0.05, 0) is 24.3 Å². The summed E-state index contributed by atoms with van der Waals surface area (Å²) in [6, 6.07) is 12.7. The molecule has 0 radical (unpaired) electrons. The van der Waals surface area contributed by atoms with Gasteiger partial charge in [-0.1, -0.05) is 24.3 Å². The zero-order valence-corrected chi connectivity index (χ0v) is 9.20. The third-order valence-corrected chi connectivity index (χ3v) is 2.87. The standard InChI is InChI=1S/C14H8F3N/c15-14(16,17)11-5-3-7-13-10(11)8-9-4-1-2-6-12(9)18-13/h1-8H. The molecule has 0 atom stereocenters. The van der Waals surface area contributed by atoms with E-state index in [4.69, 9.17) is 0 Å². The molecule has 0 saturated heterocycles. The lowest BCUT2D eigenvalue weighted by Crippen LogP contribution is -2.05. The molecule has 3 rings (SSSR count). The Morgan fingerprint density at radius 1 is 0.833 bits per heavy atom. The van der Waals surface area contributed by atoms with Crippen molar-refractivity contribution in [1.82, 2.24) is 4.98 Å². The van der Waals surface area contributed by atoms with Crippen LogP contribution in [0.25, 0.3) is 21.8 Å². The van der Waals surface area contributed by atoms with Gasteiger partial charge in [0.2, 0.25) is 0 Å². The maximum Gasteiger partial charge on any atom is 0.417 e. The predicted octanol–water partition coefficient (Wildman–Crippen LogP) is 4.41. The van der Waals surface area contributed by atoms with Crippen LogP contribution in [0.3, 0.4) is 0 Å². The van der Waals surface area contributed by atoms with Crippen LogP contribution < -0.4 is 0 Å². The SMILES string of the molecule is FC(F)(F)c1cccc2nc3ccccc3cc12. The normalized spacial score (nSPS) is 12.2. The average Bonchev–Trinajstić information content (AvgIpc) is 2.34. The Kier molecular flexibility index (Phi) is 2.26. The fraction of sp³-hybridized carbons (Fsp3) is 0.0714. The highest BCUT2D eigenvalue weighted by Crippen LogP contribution is 2.35. The van der Waals surface area contributed by atoms with Crippen molar-refractivity contribution in [2.45, 2.75) is 6.18 Å². The smallest absolute Gasteiger partial charge is 0.248 e. The van der Waals surface area contributed by atoms with Crippen molar-refractivity contribution >= 4 is 21.8 Å². The molecule has 0 spiro atoms. The molecule has 0 saturated carbocycles. The van der Waals surface area contributed by atoms with Crippen LogP contribution in [0, 0.1) is 0 Å². The van der Waals surface area contributed by atoms with E-state index in [0.717, 1.165) is 6.07 Å². The molecule has 1 aromatic heterocycles. The Bertz CT molecular complexity index is 732. The number of rotatable bonds is 0. The first kappa shape index (κ1) is 11.0. The summed E-state index contributed by atoms with van der Waals surface area (Å²) in [7, 11) is 0. The first-order chi connectivity index (χ1) is 8.55. The van der Waals surface area contributed by atoms with E-state index >= 15 is 0 Å². The van der Waals surface area contributed by atoms with Gasteiger partial charge in [-0.25, -0.2) is 4.98 Å². The summed E-state index contributed by atoms with van der Waals surface area (Å²) in [6.07, 6.45) is -4.36. The van der Waals surface area contributed by atoms with Crippen LogP contribution in [0.15, 0.2) is 48.5 Å². The molecular weight excluding hydrogens is 239 g/mol. The molecule has 0 amide bonds. The van der Waals surface area contributed by atoms with Crippen molar-refractivity contribution in [2.24, 2.45) is 0 Å². The minimum Gasteiger partial charge on any atom is -0.248 e.